The van der Waals surface area contributed by atoms with Crippen molar-refractivity contribution in [3.63, 3.8) is 0 Å². The predicted molar refractivity (Wildman–Crippen MR) is 625 cm³/mol. The Morgan fingerprint density at radius 3 is 0.898 bits per heavy atom. The van der Waals surface area contributed by atoms with Gasteiger partial charge in [-0.3, -0.25) is 0 Å². The molecule has 3 unspecified atom stereocenters. The first-order valence-electron chi connectivity index (χ1n) is 56.7. The molecule has 3 atom stereocenters. The highest BCUT2D eigenvalue weighted by Gasteiger charge is 2.51. The van der Waals surface area contributed by atoms with E-state index in [0.29, 0.717) is 0 Å². The Bertz CT molecular complexity index is 10300. The van der Waals surface area contributed by atoms with Gasteiger partial charge in [-0.1, -0.05) is 430 Å². The molecule has 0 spiro atoms. The van der Waals surface area contributed by atoms with Gasteiger partial charge in [-0.25, -0.2) is 0 Å². The molecule has 3 aliphatic carbocycles. The summed E-state index contributed by atoms with van der Waals surface area (Å²) in [5, 5.41) is 6.52. The maximum atomic E-state index is 9.53. The Labute approximate surface area is 889 Å². The summed E-state index contributed by atoms with van der Waals surface area (Å²) in [7, 11) is 0. The van der Waals surface area contributed by atoms with Crippen LogP contribution in [0.2, 0.25) is 0 Å². The number of hydrogen-bond acceptors (Lipinski definition) is 6. The van der Waals surface area contributed by atoms with Gasteiger partial charge in [0, 0.05) is 112 Å². The fourth-order valence-corrected chi connectivity index (χ4v) is 26.8. The van der Waals surface area contributed by atoms with Crippen molar-refractivity contribution < 1.29 is 20.6 Å². The largest absolute Gasteiger partial charge is 0.310 e. The normalized spacial score (nSPS) is 16.3. The Hall–Kier alpha value is -17.9. The van der Waals surface area contributed by atoms with Crippen LogP contribution in [0.3, 0.4) is 0 Å². The molecule has 0 saturated carbocycles. The van der Waals surface area contributed by atoms with Crippen molar-refractivity contribution in [3.8, 4) is 55.6 Å². The second kappa shape index (κ2) is 37.1. The lowest BCUT2D eigenvalue weighted by atomic mass is 9.66. The van der Waals surface area contributed by atoms with Crippen LogP contribution in [0, 0.1) is 0 Å². The fourth-order valence-electron chi connectivity index (χ4n) is 23.3. The summed E-state index contributed by atoms with van der Waals surface area (Å²) >= 11 is 5.11. The minimum atomic E-state index is -1.24. The van der Waals surface area contributed by atoms with E-state index in [2.05, 4.69) is 306 Å². The van der Waals surface area contributed by atoms with Crippen molar-refractivity contribution in [1.82, 2.24) is 0 Å². The van der Waals surface area contributed by atoms with Gasteiger partial charge in [-0.2, -0.15) is 0 Å². The molecule has 3 heterocycles. The van der Waals surface area contributed by atoms with Crippen molar-refractivity contribution in [2.75, 3.05) is 14.7 Å². The maximum Gasteiger partial charge on any atom is 0.0727 e. The zero-order valence-corrected chi connectivity index (χ0v) is 81.7. The summed E-state index contributed by atoms with van der Waals surface area (Å²) in [5.41, 5.74) is 24.1. The van der Waals surface area contributed by atoms with E-state index in [0.717, 1.165) is 213 Å². The lowest BCUT2D eigenvalue weighted by Gasteiger charge is -2.35. The Kier molecular flexibility index (Phi) is 18.5. The van der Waals surface area contributed by atoms with Gasteiger partial charge in [0.15, 0.2) is 0 Å². The van der Waals surface area contributed by atoms with Gasteiger partial charge in [0.1, 0.15) is 0 Å². The molecule has 0 N–H and O–H groups in total. The monoisotopic (exact) mass is 1940 g/mol. The summed E-state index contributed by atoms with van der Waals surface area (Å²) in [6, 6.07) is 162. The van der Waals surface area contributed by atoms with Crippen LogP contribution in [0.25, 0.3) is 116 Å². The highest BCUT2D eigenvalue weighted by Crippen LogP contribution is 2.64. The van der Waals surface area contributed by atoms with Gasteiger partial charge in [0.2, 0.25) is 0 Å². The molecule has 147 heavy (non-hydrogen) atoms. The number of nitrogens with zero attached hydrogens (tertiary/aromatic N) is 3. The van der Waals surface area contributed by atoms with E-state index in [1.807, 2.05) is 194 Å². The lowest BCUT2D eigenvalue weighted by molar-refractivity contribution is 0.770. The van der Waals surface area contributed by atoms with Gasteiger partial charge >= 0.3 is 0 Å². The van der Waals surface area contributed by atoms with E-state index in [4.69, 9.17) is 12.3 Å². The van der Waals surface area contributed by atoms with Crippen LogP contribution >= 0.6 is 34.0 Å². The zero-order chi connectivity index (χ0) is 110. The molecule has 6 heteroatoms. The van der Waals surface area contributed by atoms with Crippen LogP contribution in [-0.4, -0.2) is 0 Å². The summed E-state index contributed by atoms with van der Waals surface area (Å²) in [6.07, 6.45) is 0. The average Bonchev–Trinajstić information content (AvgIpc) is 1.51. The quantitative estimate of drug-likeness (QED) is 0.0900. The number of benzene rings is 23. The highest BCUT2D eigenvalue weighted by molar-refractivity contribution is 7.26. The first kappa shape index (κ1) is 73.2. The standard InChI is InChI=1S/2C49H33NS.C43H29NS/c1-4-15-34(16-5-1)35-27-29-38(30-28-35)50(37-19-8-3-9-20-37)39-31-32-44-42(33-39)40-21-10-12-23-43(40)49(44,36-17-6-2-7-18-36)45-24-14-26-47-48(45)41-22-11-13-25-46(41)51-47;1-4-14-34(15-5-1)35-24-27-39(28-25-35)50(38-18-8-3-9-19-38)40-29-30-46-43(33-40)41-20-10-12-22-45(41)49(46,36-16-6-2-7-17-36)37-26-31-48-44(32-37)42-21-11-13-23-47(42)51-48;1-4-15-30(16-5-1)43(40-25-14-23-36-35-22-11-13-26-41(35)45-42(36)40)38-24-12-10-21-34(38)37-29-33(27-28-39(37)43)44(31-17-6-2-7-18-31)32-19-8-3-9-20-32/h2*1-33H;1-29H/i2D,6D,7D,17D,18D;2D,6D,7D,16D,17D;1D,4D,5D,15D,16D. The zero-order valence-electron chi connectivity index (χ0n) is 94.3. The molecule has 0 aliphatic heterocycles. The average molecular weight is 1940 g/mol. The molecule has 23 aromatic carbocycles. The van der Waals surface area contributed by atoms with Crippen LogP contribution in [0.5, 0.6) is 0 Å². The molecule has 0 radical (unpaired) electrons. The fraction of sp³-hybridized carbons (Fsp3) is 0.0213. The Balaban J connectivity index is 0.000000117. The van der Waals surface area contributed by atoms with Gasteiger partial charge < -0.3 is 14.7 Å². The maximum absolute atomic E-state index is 9.53. The number of fused-ring (bicyclic) bond motifs is 18. The molecule has 0 fully saturated rings. The molecule has 3 nitrogen and oxygen atoms in total. The highest BCUT2D eigenvalue weighted by atomic mass is 32.1. The number of thiophene rings is 3. The van der Waals surface area contributed by atoms with Crippen molar-refractivity contribution in [1.29, 1.82) is 0 Å². The van der Waals surface area contributed by atoms with Crippen molar-refractivity contribution in [2.45, 2.75) is 16.2 Å². The Morgan fingerprint density at radius 1 is 0.163 bits per heavy atom. The van der Waals surface area contributed by atoms with E-state index in [1.54, 1.807) is 34.0 Å². The second-order valence-corrected chi connectivity index (χ2v) is 40.3. The predicted octanol–water partition coefficient (Wildman–Crippen LogP) is 39.0. The third kappa shape index (κ3) is 14.7. The van der Waals surface area contributed by atoms with Gasteiger partial charge in [0.05, 0.1) is 36.8 Å². The van der Waals surface area contributed by atoms with E-state index in [9.17, 15) is 8.22 Å². The van der Waals surface area contributed by atoms with Crippen molar-refractivity contribution in [3.05, 3.63) is 643 Å². The first-order valence-corrected chi connectivity index (χ1v) is 51.7. The summed E-state index contributed by atoms with van der Waals surface area (Å²) < 4.78 is 142. The molecule has 3 aliphatic rings. The van der Waals surface area contributed by atoms with Crippen molar-refractivity contribution >= 4 is 146 Å². The topological polar surface area (TPSA) is 9.72 Å². The molecule has 26 aromatic rings. The van der Waals surface area contributed by atoms with E-state index in [1.165, 1.54) is 4.70 Å². The second-order valence-electron chi connectivity index (χ2n) is 37.1. The van der Waals surface area contributed by atoms with Crippen LogP contribution in [-0.2, 0) is 16.2 Å². The molecule has 0 saturated heterocycles. The number of anilines is 9. The minimum absolute atomic E-state index is 0.198. The molecular weight excluding hydrogens is 1830 g/mol. The van der Waals surface area contributed by atoms with Crippen LogP contribution < -0.4 is 14.7 Å². The van der Waals surface area contributed by atoms with Crippen LogP contribution in [0.15, 0.2) is 576 Å². The third-order valence-corrected chi connectivity index (χ3v) is 32.9. The summed E-state index contributed by atoms with van der Waals surface area (Å²) in [5.74, 6) is 0. The van der Waals surface area contributed by atoms with Gasteiger partial charge in [0.25, 0.3) is 0 Å². The minimum Gasteiger partial charge on any atom is -0.310 e. The van der Waals surface area contributed by atoms with Crippen LogP contribution in [0.4, 0.5) is 51.2 Å². The summed E-state index contributed by atoms with van der Waals surface area (Å²) in [4.78, 5) is 6.71. The number of para-hydroxylation sites is 4. The molecule has 29 rings (SSSR count). The summed E-state index contributed by atoms with van der Waals surface area (Å²) in [6.45, 7) is 0. The van der Waals surface area contributed by atoms with E-state index in [-0.39, 0.29) is 89.2 Å². The lowest BCUT2D eigenvalue weighted by Crippen LogP contribution is -2.28. The Morgan fingerprint density at radius 2 is 0.449 bits per heavy atom. The van der Waals surface area contributed by atoms with E-state index < -0.39 is 34.4 Å². The molecule has 0 bridgehead atoms. The van der Waals surface area contributed by atoms with Gasteiger partial charge in [-0.05, 0) is 268 Å². The SMILES string of the molecule is [2H]c1c([2H])c([2H])c(C2(c3ccc4sc5ccccc5c4c3)c3ccccc3-c3cc(N(c4ccccc4)c4ccc(-c5ccccc5)cc4)ccc32)c([2H])c1[2H].[2H]c1c([2H])c([2H])c(C2(c3cccc4c3sc3ccccc34)c3ccccc3-c3cc(N(c4ccccc4)c4ccccc4)ccc32)c([2H])c1[2H].[2H]c1c([2H])c([2H])c(C2(c3cccc4sc5ccccc5c34)c3ccccc3-c3cc(N(c4ccccc4)c4ccc(-c5ccccc5)cc4)ccc32)c([2H])c1[2H]. The third-order valence-electron chi connectivity index (χ3n) is 29.4. The number of hydrogen-bond donors (Lipinski definition) is 0. The van der Waals surface area contributed by atoms with E-state index >= 15 is 0 Å². The molecule has 3 aromatic heterocycles. The first-order chi connectivity index (χ1) is 79.1. The van der Waals surface area contributed by atoms with Crippen LogP contribution in [0.1, 0.15) is 87.3 Å². The number of rotatable bonds is 17. The molecule has 692 valence electrons. The molecule has 0 amide bonds. The van der Waals surface area contributed by atoms with Gasteiger partial charge in [-0.15, -0.1) is 34.0 Å². The van der Waals surface area contributed by atoms with Crippen molar-refractivity contribution in [2.24, 2.45) is 0 Å². The smallest absolute Gasteiger partial charge is 0.0727 e. The molecular formula is C141H95N3S3.